The van der Waals surface area contributed by atoms with E-state index in [1.165, 1.54) is 16.8 Å². The molecule has 8 nitrogen and oxygen atoms in total. The topological polar surface area (TPSA) is 97.3 Å². The molecule has 2 atom stereocenters. The fourth-order valence-electron chi connectivity index (χ4n) is 4.28. The van der Waals surface area contributed by atoms with Crippen molar-refractivity contribution in [2.75, 3.05) is 19.0 Å². The molecule has 1 N–H and O–H groups in total. The van der Waals surface area contributed by atoms with E-state index < -0.39 is 23.7 Å². The van der Waals surface area contributed by atoms with Gasteiger partial charge >= 0.3 is 5.97 Å². The molecule has 0 aliphatic carbocycles. The molecule has 3 aromatic rings. The maximum absolute atomic E-state index is 13.2. The molecule has 37 heavy (non-hydrogen) atoms. The molecule has 2 aliphatic heterocycles. The Bertz CT molecular complexity index is 1340. The number of amides is 2. The second kappa shape index (κ2) is 10.9. The van der Waals surface area contributed by atoms with Crippen molar-refractivity contribution in [1.82, 2.24) is 5.01 Å². The summed E-state index contributed by atoms with van der Waals surface area (Å²) < 4.78 is 10.6. The van der Waals surface area contributed by atoms with Gasteiger partial charge in [-0.3, -0.25) is 14.4 Å². The minimum absolute atomic E-state index is 0.140. The number of nitrogens with one attached hydrogen (secondary N) is 1. The number of hydrogen-bond donors (Lipinski definition) is 1. The average molecular weight is 516 g/mol. The number of ether oxygens (including phenoxy) is 2. The number of benzene rings is 3. The van der Waals surface area contributed by atoms with Crippen molar-refractivity contribution in [3.8, 4) is 5.75 Å². The Labute approximate surface area is 218 Å². The molecule has 2 aliphatic rings. The number of para-hydroxylation sites is 1. The second-order valence-corrected chi connectivity index (χ2v) is 9.85. The molecule has 0 saturated carbocycles. The van der Waals surface area contributed by atoms with Crippen molar-refractivity contribution < 1.29 is 23.9 Å². The maximum atomic E-state index is 13.2. The highest BCUT2D eigenvalue weighted by molar-refractivity contribution is 8.01. The SMILES string of the molecule is COc1ccc([C@H]2CC(c3ccccc3)=NN2C(=O)COC(=O)C[C@H]2Sc3ccccc3NC2=O)cc1. The van der Waals surface area contributed by atoms with Crippen molar-refractivity contribution in [2.24, 2.45) is 5.10 Å². The van der Waals surface area contributed by atoms with Gasteiger partial charge in [-0.15, -0.1) is 11.8 Å². The van der Waals surface area contributed by atoms with Crippen LogP contribution in [0.25, 0.3) is 0 Å². The number of rotatable bonds is 7. The summed E-state index contributed by atoms with van der Waals surface area (Å²) in [5.74, 6) is -0.604. The van der Waals surface area contributed by atoms with Gasteiger partial charge in [-0.1, -0.05) is 54.6 Å². The first-order chi connectivity index (χ1) is 18.0. The lowest BCUT2D eigenvalue weighted by Crippen LogP contribution is -2.34. The molecule has 0 saturated heterocycles. The first kappa shape index (κ1) is 24.6. The Morgan fingerprint density at radius 2 is 1.76 bits per heavy atom. The zero-order valence-corrected chi connectivity index (χ0v) is 20.9. The van der Waals surface area contributed by atoms with Crippen LogP contribution in [0.2, 0.25) is 0 Å². The van der Waals surface area contributed by atoms with Crippen LogP contribution < -0.4 is 10.1 Å². The number of hydrogen-bond acceptors (Lipinski definition) is 7. The van der Waals surface area contributed by atoms with Gasteiger partial charge in [0.05, 0.1) is 36.2 Å². The molecule has 0 radical (unpaired) electrons. The fourth-order valence-corrected chi connectivity index (χ4v) is 5.37. The number of carbonyl (C=O) groups excluding carboxylic acids is 3. The van der Waals surface area contributed by atoms with Crippen LogP contribution in [0.15, 0.2) is 88.9 Å². The van der Waals surface area contributed by atoms with Crippen molar-refractivity contribution in [3.05, 3.63) is 90.0 Å². The minimum Gasteiger partial charge on any atom is -0.497 e. The molecule has 3 aromatic carbocycles. The highest BCUT2D eigenvalue weighted by atomic mass is 32.2. The van der Waals surface area contributed by atoms with E-state index in [4.69, 9.17) is 9.47 Å². The molecule has 0 bridgehead atoms. The van der Waals surface area contributed by atoms with E-state index in [-0.39, 0.29) is 18.4 Å². The Kier molecular flexibility index (Phi) is 7.23. The third-order valence-corrected chi connectivity index (χ3v) is 7.46. The number of methoxy groups -OCH3 is 1. The van der Waals surface area contributed by atoms with Crippen LogP contribution in [-0.4, -0.2) is 47.5 Å². The summed E-state index contributed by atoms with van der Waals surface area (Å²) in [7, 11) is 1.60. The minimum atomic E-state index is -0.626. The zero-order valence-electron chi connectivity index (χ0n) is 20.1. The Hall–Kier alpha value is -4.11. The summed E-state index contributed by atoms with van der Waals surface area (Å²) in [6.45, 7) is -0.466. The Morgan fingerprint density at radius 1 is 1.03 bits per heavy atom. The molecule has 0 aromatic heterocycles. The monoisotopic (exact) mass is 515 g/mol. The standard InChI is InChI=1S/C28H25N3O5S/c1-35-20-13-11-19(12-14-20)23-15-22(18-7-3-2-4-8-18)30-31(23)26(32)17-36-27(33)16-25-28(34)29-21-9-5-6-10-24(21)37-25/h2-14,23,25H,15-17H2,1H3,(H,29,34)/t23-,25-/m1/s1. The van der Waals surface area contributed by atoms with Gasteiger partial charge in [-0.2, -0.15) is 5.10 Å². The number of thioether (sulfide) groups is 1. The van der Waals surface area contributed by atoms with Gasteiger partial charge in [0.15, 0.2) is 6.61 Å². The number of carbonyl (C=O) groups is 3. The molecule has 2 amide bonds. The Balaban J connectivity index is 1.26. The third kappa shape index (κ3) is 5.51. The molecule has 0 fully saturated rings. The number of hydrazone groups is 1. The van der Waals surface area contributed by atoms with Crippen LogP contribution in [0.5, 0.6) is 5.75 Å². The summed E-state index contributed by atoms with van der Waals surface area (Å²) >= 11 is 1.31. The first-order valence-electron chi connectivity index (χ1n) is 11.8. The van der Waals surface area contributed by atoms with Gasteiger partial charge in [-0.25, -0.2) is 5.01 Å². The fraction of sp³-hybridized carbons (Fsp3) is 0.214. The van der Waals surface area contributed by atoms with Gasteiger partial charge < -0.3 is 14.8 Å². The maximum Gasteiger partial charge on any atom is 0.307 e. The summed E-state index contributed by atoms with van der Waals surface area (Å²) in [5, 5.41) is 8.17. The molecular weight excluding hydrogens is 490 g/mol. The van der Waals surface area contributed by atoms with Gasteiger partial charge in [0.25, 0.3) is 5.91 Å². The first-order valence-corrected chi connectivity index (χ1v) is 12.7. The van der Waals surface area contributed by atoms with Crippen LogP contribution in [0.3, 0.4) is 0 Å². The second-order valence-electron chi connectivity index (χ2n) is 8.60. The summed E-state index contributed by atoms with van der Waals surface area (Å²) in [6, 6.07) is 24.2. The molecule has 188 valence electrons. The highest BCUT2D eigenvalue weighted by Crippen LogP contribution is 2.37. The van der Waals surface area contributed by atoms with Gasteiger partial charge in [-0.05, 0) is 35.4 Å². The predicted octanol–water partition coefficient (Wildman–Crippen LogP) is 4.42. The molecule has 0 unspecified atom stereocenters. The van der Waals surface area contributed by atoms with Crippen LogP contribution in [0.4, 0.5) is 5.69 Å². The van der Waals surface area contributed by atoms with Crippen LogP contribution in [0.1, 0.15) is 30.0 Å². The lowest BCUT2D eigenvalue weighted by molar-refractivity contribution is -0.153. The van der Waals surface area contributed by atoms with Gasteiger partial charge in [0.2, 0.25) is 5.91 Å². The van der Waals surface area contributed by atoms with Crippen molar-refractivity contribution >= 4 is 40.9 Å². The number of anilines is 1. The lowest BCUT2D eigenvalue weighted by Gasteiger charge is -2.24. The van der Waals surface area contributed by atoms with Gasteiger partial charge in [0.1, 0.15) is 5.75 Å². The van der Waals surface area contributed by atoms with E-state index in [1.807, 2.05) is 78.9 Å². The van der Waals surface area contributed by atoms with Crippen LogP contribution in [0, 0.1) is 0 Å². The summed E-state index contributed by atoms with van der Waals surface area (Å²) in [4.78, 5) is 39.0. The van der Waals surface area contributed by atoms with Crippen molar-refractivity contribution in [3.63, 3.8) is 0 Å². The molecular formula is C28H25N3O5S. The van der Waals surface area contributed by atoms with E-state index >= 15 is 0 Å². The molecule has 2 heterocycles. The van der Waals surface area contributed by atoms with Gasteiger partial charge in [0, 0.05) is 11.3 Å². The lowest BCUT2D eigenvalue weighted by atomic mass is 9.98. The quantitative estimate of drug-likeness (QED) is 0.468. The summed E-state index contributed by atoms with van der Waals surface area (Å²) in [5.41, 5.74) is 3.32. The number of esters is 1. The predicted molar refractivity (Wildman–Crippen MR) is 140 cm³/mol. The summed E-state index contributed by atoms with van der Waals surface area (Å²) in [6.07, 6.45) is 0.382. The van der Waals surface area contributed by atoms with Crippen molar-refractivity contribution in [1.29, 1.82) is 0 Å². The van der Waals surface area contributed by atoms with E-state index in [1.54, 1.807) is 7.11 Å². The zero-order chi connectivity index (χ0) is 25.8. The van der Waals surface area contributed by atoms with Crippen LogP contribution in [-0.2, 0) is 19.1 Å². The van der Waals surface area contributed by atoms with E-state index in [2.05, 4.69) is 10.4 Å². The van der Waals surface area contributed by atoms with Crippen molar-refractivity contribution in [2.45, 2.75) is 29.0 Å². The molecule has 9 heteroatoms. The third-order valence-electron chi connectivity index (χ3n) is 6.19. The Morgan fingerprint density at radius 3 is 2.51 bits per heavy atom. The molecule has 0 spiro atoms. The van der Waals surface area contributed by atoms with Crippen LogP contribution >= 0.6 is 11.8 Å². The highest BCUT2D eigenvalue weighted by Gasteiger charge is 2.34. The van der Waals surface area contributed by atoms with E-state index in [0.717, 1.165) is 27.4 Å². The number of nitrogens with zero attached hydrogens (tertiary/aromatic N) is 2. The average Bonchev–Trinajstić information content (AvgIpc) is 3.38. The normalized spacial score (nSPS) is 18.5. The number of fused-ring (bicyclic) bond motifs is 1. The van der Waals surface area contributed by atoms with E-state index in [9.17, 15) is 14.4 Å². The largest absolute Gasteiger partial charge is 0.497 e. The smallest absolute Gasteiger partial charge is 0.307 e. The van der Waals surface area contributed by atoms with E-state index in [0.29, 0.717) is 12.2 Å². The molecule has 5 rings (SSSR count).